The van der Waals surface area contributed by atoms with Crippen molar-refractivity contribution in [1.29, 1.82) is 0 Å². The van der Waals surface area contributed by atoms with E-state index in [1.54, 1.807) is 11.6 Å². The van der Waals surface area contributed by atoms with Crippen molar-refractivity contribution in [2.75, 3.05) is 11.9 Å². The summed E-state index contributed by atoms with van der Waals surface area (Å²) in [4.78, 5) is 0. The van der Waals surface area contributed by atoms with Gasteiger partial charge in [-0.25, -0.2) is 0 Å². The minimum Gasteiger partial charge on any atom is -0.392 e. The molecule has 6 nitrogen and oxygen atoms in total. The Labute approximate surface area is 92.9 Å². The van der Waals surface area contributed by atoms with Crippen LogP contribution < -0.4 is 5.32 Å². The van der Waals surface area contributed by atoms with E-state index in [1.807, 2.05) is 30.3 Å². The largest absolute Gasteiger partial charge is 0.392 e. The van der Waals surface area contributed by atoms with E-state index in [0.717, 1.165) is 5.69 Å². The molecule has 84 valence electrons. The molecule has 6 heteroatoms. The SMILES string of the molecule is CC(O)CNc1nnnn1-c1ccccc1. The van der Waals surface area contributed by atoms with E-state index in [1.165, 1.54) is 0 Å². The second-order valence-corrected chi connectivity index (χ2v) is 3.48. The van der Waals surface area contributed by atoms with Crippen LogP contribution in [0.2, 0.25) is 0 Å². The first-order valence-corrected chi connectivity index (χ1v) is 5.03. The van der Waals surface area contributed by atoms with Gasteiger partial charge in [0.25, 0.3) is 0 Å². The Kier molecular flexibility index (Phi) is 3.11. The van der Waals surface area contributed by atoms with E-state index in [0.29, 0.717) is 12.5 Å². The van der Waals surface area contributed by atoms with Gasteiger partial charge in [0, 0.05) is 6.54 Å². The molecule has 0 bridgehead atoms. The Morgan fingerprint density at radius 1 is 1.38 bits per heavy atom. The van der Waals surface area contributed by atoms with Crippen LogP contribution in [0.25, 0.3) is 5.69 Å². The lowest BCUT2D eigenvalue weighted by Crippen LogP contribution is -2.18. The lowest BCUT2D eigenvalue weighted by Gasteiger charge is -2.07. The van der Waals surface area contributed by atoms with Crippen LogP contribution in [0.4, 0.5) is 5.95 Å². The van der Waals surface area contributed by atoms with Gasteiger partial charge in [-0.15, -0.1) is 0 Å². The van der Waals surface area contributed by atoms with Gasteiger partial charge in [-0.05, 0) is 29.5 Å². The molecule has 0 fully saturated rings. The monoisotopic (exact) mass is 219 g/mol. The molecular weight excluding hydrogens is 206 g/mol. The van der Waals surface area contributed by atoms with Crippen molar-refractivity contribution >= 4 is 5.95 Å². The van der Waals surface area contributed by atoms with E-state index in [9.17, 15) is 5.11 Å². The van der Waals surface area contributed by atoms with Crippen LogP contribution in [0.15, 0.2) is 30.3 Å². The number of tetrazole rings is 1. The zero-order valence-electron chi connectivity index (χ0n) is 8.91. The van der Waals surface area contributed by atoms with E-state index in [2.05, 4.69) is 20.8 Å². The van der Waals surface area contributed by atoms with E-state index in [-0.39, 0.29) is 0 Å². The number of nitrogens with one attached hydrogen (secondary N) is 1. The molecular formula is C10H13N5O. The molecule has 0 saturated heterocycles. The van der Waals surface area contributed by atoms with Crippen LogP contribution in [0.1, 0.15) is 6.92 Å². The first-order valence-electron chi connectivity index (χ1n) is 5.03. The molecule has 1 heterocycles. The highest BCUT2D eigenvalue weighted by molar-refractivity contribution is 5.38. The maximum absolute atomic E-state index is 9.17. The van der Waals surface area contributed by atoms with Crippen LogP contribution >= 0.6 is 0 Å². The van der Waals surface area contributed by atoms with Crippen LogP contribution in [-0.2, 0) is 0 Å². The summed E-state index contributed by atoms with van der Waals surface area (Å²) in [7, 11) is 0. The number of benzene rings is 1. The molecule has 1 atom stereocenters. The summed E-state index contributed by atoms with van der Waals surface area (Å²) in [6.45, 7) is 2.11. The average molecular weight is 219 g/mol. The molecule has 2 rings (SSSR count). The fourth-order valence-corrected chi connectivity index (χ4v) is 1.28. The van der Waals surface area contributed by atoms with Crippen molar-refractivity contribution in [1.82, 2.24) is 20.2 Å². The third-order valence-electron chi connectivity index (χ3n) is 2.03. The molecule has 0 spiro atoms. The predicted octanol–water partition coefficient (Wildman–Crippen LogP) is 0.455. The second kappa shape index (κ2) is 4.71. The highest BCUT2D eigenvalue weighted by Gasteiger charge is 2.07. The molecule has 1 aromatic carbocycles. The highest BCUT2D eigenvalue weighted by atomic mass is 16.3. The second-order valence-electron chi connectivity index (χ2n) is 3.48. The Morgan fingerprint density at radius 2 is 2.12 bits per heavy atom. The number of hydrogen-bond donors (Lipinski definition) is 2. The van der Waals surface area contributed by atoms with Crippen LogP contribution in [0, 0.1) is 0 Å². The Morgan fingerprint density at radius 3 is 2.81 bits per heavy atom. The van der Waals surface area contributed by atoms with E-state index in [4.69, 9.17) is 0 Å². The Balaban J connectivity index is 2.19. The lowest BCUT2D eigenvalue weighted by molar-refractivity contribution is 0.208. The fourth-order valence-electron chi connectivity index (χ4n) is 1.28. The quantitative estimate of drug-likeness (QED) is 0.781. The van der Waals surface area contributed by atoms with Gasteiger partial charge in [-0.1, -0.05) is 23.3 Å². The third kappa shape index (κ3) is 2.34. The molecule has 0 radical (unpaired) electrons. The molecule has 0 aliphatic heterocycles. The fraction of sp³-hybridized carbons (Fsp3) is 0.300. The van der Waals surface area contributed by atoms with Crippen LogP contribution in [0.5, 0.6) is 0 Å². The van der Waals surface area contributed by atoms with Gasteiger partial charge in [0.05, 0.1) is 11.8 Å². The van der Waals surface area contributed by atoms with Crippen molar-refractivity contribution in [2.24, 2.45) is 0 Å². The van der Waals surface area contributed by atoms with Crippen molar-refractivity contribution < 1.29 is 5.11 Å². The molecule has 0 aliphatic carbocycles. The van der Waals surface area contributed by atoms with Crippen LogP contribution in [0.3, 0.4) is 0 Å². The number of aliphatic hydroxyl groups is 1. The number of anilines is 1. The first-order chi connectivity index (χ1) is 7.77. The number of nitrogens with zero attached hydrogens (tertiary/aromatic N) is 4. The van der Waals surface area contributed by atoms with Gasteiger partial charge in [0.2, 0.25) is 5.95 Å². The topological polar surface area (TPSA) is 75.9 Å². The van der Waals surface area contributed by atoms with E-state index < -0.39 is 6.10 Å². The van der Waals surface area contributed by atoms with Gasteiger partial charge < -0.3 is 10.4 Å². The average Bonchev–Trinajstić information content (AvgIpc) is 2.75. The van der Waals surface area contributed by atoms with E-state index >= 15 is 0 Å². The summed E-state index contributed by atoms with van der Waals surface area (Å²) in [5.41, 5.74) is 0.876. The van der Waals surface area contributed by atoms with Crippen molar-refractivity contribution in [2.45, 2.75) is 13.0 Å². The summed E-state index contributed by atoms with van der Waals surface area (Å²) in [6.07, 6.45) is -0.444. The number of aliphatic hydroxyl groups excluding tert-OH is 1. The number of hydrogen-bond acceptors (Lipinski definition) is 5. The number of para-hydroxylation sites is 1. The minimum atomic E-state index is -0.444. The maximum Gasteiger partial charge on any atom is 0.247 e. The standard InChI is InChI=1S/C10H13N5O/c1-8(16)7-11-10-12-13-14-15(10)9-5-3-2-4-6-9/h2-6,8,16H,7H2,1H3,(H,11,12,14). The molecule has 16 heavy (non-hydrogen) atoms. The first kappa shape index (κ1) is 10.6. The van der Waals surface area contributed by atoms with Crippen molar-refractivity contribution in [3.05, 3.63) is 30.3 Å². The zero-order valence-corrected chi connectivity index (χ0v) is 8.91. The minimum absolute atomic E-state index is 0.410. The normalized spacial score (nSPS) is 12.4. The summed E-state index contributed by atoms with van der Waals surface area (Å²) < 4.78 is 1.59. The molecule has 2 aromatic rings. The van der Waals surface area contributed by atoms with Crippen molar-refractivity contribution in [3.63, 3.8) is 0 Å². The summed E-state index contributed by atoms with van der Waals surface area (Å²) in [6, 6.07) is 9.56. The summed E-state index contributed by atoms with van der Waals surface area (Å²) in [5.74, 6) is 0.520. The van der Waals surface area contributed by atoms with Gasteiger partial charge in [0.15, 0.2) is 0 Å². The molecule has 0 amide bonds. The maximum atomic E-state index is 9.17. The molecule has 2 N–H and O–H groups in total. The zero-order chi connectivity index (χ0) is 11.4. The van der Waals surface area contributed by atoms with Gasteiger partial charge >= 0.3 is 0 Å². The predicted molar refractivity (Wildman–Crippen MR) is 59.3 cm³/mol. The van der Waals surface area contributed by atoms with Crippen molar-refractivity contribution in [3.8, 4) is 5.69 Å². The van der Waals surface area contributed by atoms with Gasteiger partial charge in [-0.2, -0.15) is 4.68 Å². The summed E-state index contributed by atoms with van der Waals surface area (Å²) >= 11 is 0. The van der Waals surface area contributed by atoms with Crippen LogP contribution in [-0.4, -0.2) is 38.0 Å². The molecule has 1 aromatic heterocycles. The molecule has 0 aliphatic rings. The highest BCUT2D eigenvalue weighted by Crippen LogP contribution is 2.10. The lowest BCUT2D eigenvalue weighted by atomic mass is 10.3. The molecule has 0 saturated carbocycles. The Hall–Kier alpha value is -1.95. The number of rotatable bonds is 4. The summed E-state index contributed by atoms with van der Waals surface area (Å²) in [5, 5.41) is 23.5. The van der Waals surface area contributed by atoms with Gasteiger partial charge in [0.1, 0.15) is 0 Å². The van der Waals surface area contributed by atoms with Gasteiger partial charge in [-0.3, -0.25) is 0 Å². The Bertz CT molecular complexity index is 439. The number of aromatic nitrogens is 4. The third-order valence-corrected chi connectivity index (χ3v) is 2.03. The smallest absolute Gasteiger partial charge is 0.247 e. The molecule has 1 unspecified atom stereocenters.